The zero-order valence-corrected chi connectivity index (χ0v) is 12.4. The molecule has 0 bridgehead atoms. The molecule has 0 amide bonds. The van der Waals surface area contributed by atoms with Gasteiger partial charge in [0.1, 0.15) is 0 Å². The number of aryl methyl sites for hydroxylation is 4. The molecule has 18 heavy (non-hydrogen) atoms. The molecule has 0 atom stereocenters. The fraction of sp³-hybridized carbons (Fsp3) is 0.500. The minimum atomic E-state index is 0.874. The van der Waals surface area contributed by atoms with E-state index in [1.54, 1.807) is 0 Å². The largest absolute Gasteiger partial charge is 0.306 e. The fourth-order valence-electron chi connectivity index (χ4n) is 1.96. The molecule has 0 aromatic carbocycles. The Morgan fingerprint density at radius 3 is 2.61 bits per heavy atom. The summed E-state index contributed by atoms with van der Waals surface area (Å²) < 4.78 is 1.97. The summed E-state index contributed by atoms with van der Waals surface area (Å²) in [5.41, 5.74) is 3.81. The highest BCUT2D eigenvalue weighted by Gasteiger charge is 2.04. The van der Waals surface area contributed by atoms with E-state index in [9.17, 15) is 0 Å². The highest BCUT2D eigenvalue weighted by atomic mass is 32.1. The van der Waals surface area contributed by atoms with Crippen LogP contribution < -0.4 is 5.32 Å². The van der Waals surface area contributed by atoms with Crippen LogP contribution in [0.4, 0.5) is 0 Å². The molecule has 2 rings (SSSR count). The first-order valence-electron chi connectivity index (χ1n) is 6.38. The van der Waals surface area contributed by atoms with Crippen molar-refractivity contribution in [2.45, 2.75) is 40.3 Å². The maximum absolute atomic E-state index is 4.45. The molecule has 3 nitrogen and oxygen atoms in total. The van der Waals surface area contributed by atoms with Crippen molar-refractivity contribution in [3.8, 4) is 0 Å². The molecular weight excluding hydrogens is 242 g/mol. The first-order valence-corrected chi connectivity index (χ1v) is 7.20. The minimum Gasteiger partial charge on any atom is -0.306 e. The molecule has 0 aliphatic rings. The van der Waals surface area contributed by atoms with Gasteiger partial charge in [0.25, 0.3) is 0 Å². The summed E-state index contributed by atoms with van der Waals surface area (Å²) in [5, 5.41) is 7.94. The number of nitrogens with zero attached hydrogens (tertiary/aromatic N) is 2. The number of hydrogen-bond acceptors (Lipinski definition) is 3. The molecular formula is C14H21N3S. The minimum absolute atomic E-state index is 0.874. The summed E-state index contributed by atoms with van der Waals surface area (Å²) in [5.74, 6) is 0. The highest BCUT2D eigenvalue weighted by Crippen LogP contribution is 2.20. The monoisotopic (exact) mass is 263 g/mol. The normalized spacial score (nSPS) is 11.1. The van der Waals surface area contributed by atoms with Crippen LogP contribution >= 0.6 is 11.3 Å². The SMILES string of the molecule is CCc1cc(CNCc2cc(C)c(C)s2)n(C)n1. The second kappa shape index (κ2) is 5.67. The third-order valence-electron chi connectivity index (χ3n) is 3.21. The molecule has 0 aliphatic heterocycles. The lowest BCUT2D eigenvalue weighted by Crippen LogP contribution is -2.14. The molecule has 2 aromatic rings. The third kappa shape index (κ3) is 3.00. The Labute approximate surface area is 113 Å². The van der Waals surface area contributed by atoms with Crippen LogP contribution in [-0.2, 0) is 26.6 Å². The first kappa shape index (κ1) is 13.3. The van der Waals surface area contributed by atoms with Gasteiger partial charge in [0.2, 0.25) is 0 Å². The lowest BCUT2D eigenvalue weighted by atomic mass is 10.3. The molecule has 2 aromatic heterocycles. The van der Waals surface area contributed by atoms with Crippen molar-refractivity contribution in [2.24, 2.45) is 7.05 Å². The number of thiophene rings is 1. The third-order valence-corrected chi connectivity index (χ3v) is 4.36. The summed E-state index contributed by atoms with van der Waals surface area (Å²) in [6.07, 6.45) is 0.997. The molecule has 0 saturated carbocycles. The van der Waals surface area contributed by atoms with Gasteiger partial charge in [0, 0.05) is 29.9 Å². The van der Waals surface area contributed by atoms with Gasteiger partial charge in [-0.15, -0.1) is 11.3 Å². The standard InChI is InChI=1S/C14H21N3S/c1-5-12-7-13(17(4)16-12)8-15-9-14-6-10(2)11(3)18-14/h6-7,15H,5,8-9H2,1-4H3. The van der Waals surface area contributed by atoms with Gasteiger partial charge in [0.15, 0.2) is 0 Å². The van der Waals surface area contributed by atoms with Crippen molar-refractivity contribution in [3.63, 3.8) is 0 Å². The second-order valence-corrected chi connectivity index (χ2v) is 6.00. The van der Waals surface area contributed by atoms with Crippen molar-refractivity contribution >= 4 is 11.3 Å². The average Bonchev–Trinajstić information content (AvgIpc) is 2.84. The van der Waals surface area contributed by atoms with Gasteiger partial charge in [0.05, 0.1) is 11.4 Å². The summed E-state index contributed by atoms with van der Waals surface area (Å²) in [7, 11) is 2.01. The summed E-state index contributed by atoms with van der Waals surface area (Å²) in [6.45, 7) is 8.30. The van der Waals surface area contributed by atoms with Gasteiger partial charge in [-0.05, 0) is 38.0 Å². The van der Waals surface area contributed by atoms with Crippen molar-refractivity contribution < 1.29 is 0 Å². The van der Waals surface area contributed by atoms with Crippen LogP contribution in [0.25, 0.3) is 0 Å². The summed E-state index contributed by atoms with van der Waals surface area (Å²) in [6, 6.07) is 4.45. The molecule has 0 saturated heterocycles. The molecule has 0 fully saturated rings. The molecule has 1 N–H and O–H groups in total. The van der Waals surface area contributed by atoms with E-state index in [0.29, 0.717) is 0 Å². The maximum atomic E-state index is 4.45. The van der Waals surface area contributed by atoms with E-state index >= 15 is 0 Å². The molecule has 0 aliphatic carbocycles. The Balaban J connectivity index is 1.90. The van der Waals surface area contributed by atoms with E-state index in [1.165, 1.54) is 21.0 Å². The lowest BCUT2D eigenvalue weighted by Gasteiger charge is -2.03. The zero-order chi connectivity index (χ0) is 13.1. The van der Waals surface area contributed by atoms with Gasteiger partial charge in [-0.1, -0.05) is 6.92 Å². The first-order chi connectivity index (χ1) is 8.60. The Hall–Kier alpha value is -1.13. The highest BCUT2D eigenvalue weighted by molar-refractivity contribution is 7.12. The molecule has 0 spiro atoms. The van der Waals surface area contributed by atoms with Crippen LogP contribution in [0.15, 0.2) is 12.1 Å². The molecule has 98 valence electrons. The van der Waals surface area contributed by atoms with Gasteiger partial charge in [-0.25, -0.2) is 0 Å². The zero-order valence-electron chi connectivity index (χ0n) is 11.6. The van der Waals surface area contributed by atoms with E-state index < -0.39 is 0 Å². The topological polar surface area (TPSA) is 29.9 Å². The summed E-state index contributed by atoms with van der Waals surface area (Å²) in [4.78, 5) is 2.82. The number of nitrogens with one attached hydrogen (secondary N) is 1. The molecule has 2 heterocycles. The van der Waals surface area contributed by atoms with Crippen LogP contribution in [-0.4, -0.2) is 9.78 Å². The van der Waals surface area contributed by atoms with E-state index in [1.807, 2.05) is 23.1 Å². The van der Waals surface area contributed by atoms with Crippen molar-refractivity contribution in [1.82, 2.24) is 15.1 Å². The van der Waals surface area contributed by atoms with Crippen LogP contribution in [0.2, 0.25) is 0 Å². The van der Waals surface area contributed by atoms with Gasteiger partial charge in [-0.3, -0.25) is 4.68 Å². The second-order valence-electron chi connectivity index (χ2n) is 4.66. The molecule has 0 unspecified atom stereocenters. The van der Waals surface area contributed by atoms with E-state index in [0.717, 1.165) is 25.2 Å². The van der Waals surface area contributed by atoms with Crippen molar-refractivity contribution in [3.05, 3.63) is 38.8 Å². The van der Waals surface area contributed by atoms with Crippen LogP contribution in [0.1, 0.15) is 33.6 Å². The van der Waals surface area contributed by atoms with Gasteiger partial charge < -0.3 is 5.32 Å². The molecule has 4 heteroatoms. The fourth-order valence-corrected chi connectivity index (χ4v) is 2.98. The van der Waals surface area contributed by atoms with Crippen molar-refractivity contribution in [1.29, 1.82) is 0 Å². The Bertz CT molecular complexity index is 506. The Kier molecular flexibility index (Phi) is 4.19. The predicted octanol–water partition coefficient (Wildman–Crippen LogP) is 2.95. The molecule has 0 radical (unpaired) electrons. The quantitative estimate of drug-likeness (QED) is 0.899. The average molecular weight is 263 g/mol. The Morgan fingerprint density at radius 1 is 1.28 bits per heavy atom. The van der Waals surface area contributed by atoms with E-state index in [-0.39, 0.29) is 0 Å². The van der Waals surface area contributed by atoms with E-state index in [2.05, 4.69) is 43.3 Å². The number of rotatable bonds is 5. The summed E-state index contributed by atoms with van der Waals surface area (Å²) >= 11 is 1.88. The van der Waals surface area contributed by atoms with Crippen LogP contribution in [0, 0.1) is 13.8 Å². The van der Waals surface area contributed by atoms with Gasteiger partial charge >= 0.3 is 0 Å². The van der Waals surface area contributed by atoms with E-state index in [4.69, 9.17) is 0 Å². The van der Waals surface area contributed by atoms with Crippen LogP contribution in [0.5, 0.6) is 0 Å². The van der Waals surface area contributed by atoms with Gasteiger partial charge in [-0.2, -0.15) is 5.10 Å². The number of aromatic nitrogens is 2. The number of hydrogen-bond donors (Lipinski definition) is 1. The van der Waals surface area contributed by atoms with Crippen molar-refractivity contribution in [2.75, 3.05) is 0 Å². The predicted molar refractivity (Wildman–Crippen MR) is 76.9 cm³/mol. The smallest absolute Gasteiger partial charge is 0.0625 e. The maximum Gasteiger partial charge on any atom is 0.0625 e. The Morgan fingerprint density at radius 2 is 2.06 bits per heavy atom. The van der Waals surface area contributed by atoms with Crippen LogP contribution in [0.3, 0.4) is 0 Å². The lowest BCUT2D eigenvalue weighted by molar-refractivity contribution is 0.626.